The Balaban J connectivity index is 2.85. The fourth-order valence-electron chi connectivity index (χ4n) is 1.90. The Morgan fingerprint density at radius 2 is 2.05 bits per heavy atom. The Kier molecular flexibility index (Phi) is 6.80. The molecular formula is C15H26BrN3. The molecule has 0 saturated carbocycles. The zero-order chi connectivity index (χ0) is 14.4. The van der Waals surface area contributed by atoms with Crippen LogP contribution >= 0.6 is 15.9 Å². The fraction of sp³-hybridized carbons (Fsp3) is 0.667. The third-order valence-corrected chi connectivity index (χ3v) is 3.80. The monoisotopic (exact) mass is 327 g/mol. The van der Waals surface area contributed by atoms with Crippen molar-refractivity contribution in [2.24, 2.45) is 5.92 Å². The molecule has 0 saturated heterocycles. The van der Waals surface area contributed by atoms with Crippen LogP contribution in [0.25, 0.3) is 0 Å². The minimum absolute atomic E-state index is 0.498. The van der Waals surface area contributed by atoms with Crippen molar-refractivity contribution in [2.45, 2.75) is 46.7 Å². The van der Waals surface area contributed by atoms with Crippen LogP contribution in [0.5, 0.6) is 0 Å². The average molecular weight is 328 g/mol. The molecule has 0 aromatic carbocycles. The van der Waals surface area contributed by atoms with Gasteiger partial charge in [0.25, 0.3) is 0 Å². The maximum Gasteiger partial charge on any atom is 0.133 e. The largest absolute Gasteiger partial charge is 0.357 e. The lowest BCUT2D eigenvalue weighted by Crippen LogP contribution is -2.30. The zero-order valence-corrected chi connectivity index (χ0v) is 14.3. The van der Waals surface area contributed by atoms with Crippen LogP contribution in [0.3, 0.4) is 0 Å². The summed E-state index contributed by atoms with van der Waals surface area (Å²) < 4.78 is 1.04. The van der Waals surface area contributed by atoms with Crippen LogP contribution in [0.4, 0.5) is 5.82 Å². The highest BCUT2D eigenvalue weighted by Crippen LogP contribution is 2.23. The summed E-state index contributed by atoms with van der Waals surface area (Å²) in [7, 11) is 2.12. The molecular weight excluding hydrogens is 302 g/mol. The Hall–Kier alpha value is -0.610. The second kappa shape index (κ2) is 7.85. The molecule has 1 atom stereocenters. The van der Waals surface area contributed by atoms with Gasteiger partial charge in [-0.25, -0.2) is 4.98 Å². The summed E-state index contributed by atoms with van der Waals surface area (Å²) in [5.74, 6) is 1.74. The van der Waals surface area contributed by atoms with Crippen molar-refractivity contribution < 1.29 is 0 Å². The van der Waals surface area contributed by atoms with Gasteiger partial charge in [0.1, 0.15) is 5.82 Å². The Labute approximate surface area is 125 Å². The zero-order valence-electron chi connectivity index (χ0n) is 12.7. The molecule has 1 rings (SSSR count). The van der Waals surface area contributed by atoms with Gasteiger partial charge in [0.2, 0.25) is 0 Å². The molecule has 19 heavy (non-hydrogen) atoms. The highest BCUT2D eigenvalue weighted by atomic mass is 79.9. The lowest BCUT2D eigenvalue weighted by atomic mass is 10.1. The van der Waals surface area contributed by atoms with Crippen molar-refractivity contribution in [3.8, 4) is 0 Å². The molecule has 0 spiro atoms. The minimum Gasteiger partial charge on any atom is -0.357 e. The van der Waals surface area contributed by atoms with Gasteiger partial charge >= 0.3 is 0 Å². The van der Waals surface area contributed by atoms with Crippen LogP contribution in [0.15, 0.2) is 16.7 Å². The summed E-state index contributed by atoms with van der Waals surface area (Å²) in [4.78, 5) is 6.85. The van der Waals surface area contributed by atoms with Gasteiger partial charge in [0.05, 0.1) is 0 Å². The molecule has 1 aromatic heterocycles. The van der Waals surface area contributed by atoms with Crippen molar-refractivity contribution in [3.63, 3.8) is 0 Å². The van der Waals surface area contributed by atoms with E-state index in [0.29, 0.717) is 12.0 Å². The molecule has 0 aliphatic rings. The summed E-state index contributed by atoms with van der Waals surface area (Å²) in [5, 5.41) is 3.49. The molecule has 0 amide bonds. The van der Waals surface area contributed by atoms with E-state index in [4.69, 9.17) is 0 Å². The van der Waals surface area contributed by atoms with E-state index < -0.39 is 0 Å². The Morgan fingerprint density at radius 3 is 2.63 bits per heavy atom. The van der Waals surface area contributed by atoms with Gasteiger partial charge in [-0.1, -0.05) is 20.8 Å². The smallest absolute Gasteiger partial charge is 0.133 e. The summed E-state index contributed by atoms with van der Waals surface area (Å²) in [6.45, 7) is 10.8. The van der Waals surface area contributed by atoms with Gasteiger partial charge in [-0.3, -0.25) is 0 Å². The predicted octanol–water partition coefficient (Wildman–Crippen LogP) is 3.82. The molecule has 4 heteroatoms. The quantitative estimate of drug-likeness (QED) is 0.825. The van der Waals surface area contributed by atoms with E-state index >= 15 is 0 Å². The SMILES string of the molecule is CCC(C)N(C)c1ncc(Br)cc1CNCC(C)C. The first-order valence-corrected chi connectivity index (χ1v) is 7.83. The van der Waals surface area contributed by atoms with E-state index in [1.807, 2.05) is 6.20 Å². The average Bonchev–Trinajstić information content (AvgIpc) is 2.37. The Bertz CT molecular complexity index is 393. The molecule has 0 bridgehead atoms. The van der Waals surface area contributed by atoms with E-state index in [-0.39, 0.29) is 0 Å². The normalized spacial score (nSPS) is 12.8. The predicted molar refractivity (Wildman–Crippen MR) is 86.6 cm³/mol. The van der Waals surface area contributed by atoms with Crippen LogP contribution in [0, 0.1) is 5.92 Å². The molecule has 0 aliphatic carbocycles. The molecule has 108 valence electrons. The van der Waals surface area contributed by atoms with Crippen molar-refractivity contribution in [1.82, 2.24) is 10.3 Å². The Morgan fingerprint density at radius 1 is 1.37 bits per heavy atom. The van der Waals surface area contributed by atoms with Gasteiger partial charge in [-0.05, 0) is 47.8 Å². The maximum atomic E-state index is 4.58. The molecule has 0 radical (unpaired) electrons. The third-order valence-electron chi connectivity index (χ3n) is 3.36. The lowest BCUT2D eigenvalue weighted by Gasteiger charge is -2.27. The topological polar surface area (TPSA) is 28.2 Å². The third kappa shape index (κ3) is 5.11. The van der Waals surface area contributed by atoms with E-state index in [1.165, 1.54) is 5.56 Å². The number of nitrogens with zero attached hydrogens (tertiary/aromatic N) is 2. The standard InChI is InChI=1S/C15H26BrN3/c1-6-12(4)19(5)15-13(7-14(16)10-18-15)9-17-8-11(2)3/h7,10-12,17H,6,8-9H2,1-5H3. The van der Waals surface area contributed by atoms with Crippen LogP contribution in [-0.4, -0.2) is 24.6 Å². The second-order valence-electron chi connectivity index (χ2n) is 5.53. The molecule has 1 unspecified atom stereocenters. The van der Waals surface area contributed by atoms with Crippen molar-refractivity contribution in [2.75, 3.05) is 18.5 Å². The van der Waals surface area contributed by atoms with Crippen molar-refractivity contribution in [1.29, 1.82) is 0 Å². The van der Waals surface area contributed by atoms with Crippen LogP contribution in [0.2, 0.25) is 0 Å². The summed E-state index contributed by atoms with van der Waals surface area (Å²) in [6, 6.07) is 2.66. The minimum atomic E-state index is 0.498. The maximum absolute atomic E-state index is 4.58. The summed E-state index contributed by atoms with van der Waals surface area (Å²) >= 11 is 3.51. The lowest BCUT2D eigenvalue weighted by molar-refractivity contribution is 0.550. The first kappa shape index (κ1) is 16.4. The second-order valence-corrected chi connectivity index (χ2v) is 6.44. The van der Waals surface area contributed by atoms with E-state index in [9.17, 15) is 0 Å². The number of anilines is 1. The van der Waals surface area contributed by atoms with Gasteiger partial charge < -0.3 is 10.2 Å². The van der Waals surface area contributed by atoms with Gasteiger partial charge in [-0.15, -0.1) is 0 Å². The van der Waals surface area contributed by atoms with Gasteiger partial charge in [-0.2, -0.15) is 0 Å². The van der Waals surface area contributed by atoms with E-state index in [2.05, 4.69) is 71.9 Å². The van der Waals surface area contributed by atoms with Gasteiger partial charge in [0.15, 0.2) is 0 Å². The van der Waals surface area contributed by atoms with Crippen LogP contribution in [-0.2, 0) is 6.54 Å². The summed E-state index contributed by atoms with van der Waals surface area (Å²) in [6.07, 6.45) is 2.99. The van der Waals surface area contributed by atoms with Crippen LogP contribution < -0.4 is 10.2 Å². The first-order valence-electron chi connectivity index (χ1n) is 7.03. The molecule has 3 nitrogen and oxygen atoms in total. The van der Waals surface area contributed by atoms with Crippen molar-refractivity contribution in [3.05, 3.63) is 22.3 Å². The van der Waals surface area contributed by atoms with Crippen LogP contribution in [0.1, 0.15) is 39.7 Å². The van der Waals surface area contributed by atoms with Gasteiger partial charge in [0, 0.05) is 35.9 Å². The molecule has 1 heterocycles. The molecule has 1 aromatic rings. The summed E-state index contributed by atoms with van der Waals surface area (Å²) in [5.41, 5.74) is 1.25. The number of halogens is 1. The van der Waals surface area contributed by atoms with E-state index in [0.717, 1.165) is 29.8 Å². The number of nitrogens with one attached hydrogen (secondary N) is 1. The highest BCUT2D eigenvalue weighted by molar-refractivity contribution is 9.10. The number of hydrogen-bond donors (Lipinski definition) is 1. The molecule has 0 aliphatic heterocycles. The number of pyridine rings is 1. The molecule has 0 fully saturated rings. The number of hydrogen-bond acceptors (Lipinski definition) is 3. The number of aromatic nitrogens is 1. The first-order chi connectivity index (χ1) is 8.95. The number of rotatable bonds is 7. The fourth-order valence-corrected chi connectivity index (χ4v) is 2.28. The molecule has 1 N–H and O–H groups in total. The van der Waals surface area contributed by atoms with Crippen molar-refractivity contribution >= 4 is 21.7 Å². The highest BCUT2D eigenvalue weighted by Gasteiger charge is 2.14. The van der Waals surface area contributed by atoms with E-state index in [1.54, 1.807) is 0 Å².